The molecular formula is C12H15NO2. The normalized spacial score (nSPS) is 10.1. The van der Waals surface area contributed by atoms with Crippen molar-refractivity contribution in [3.05, 3.63) is 35.9 Å². The van der Waals surface area contributed by atoms with Crippen molar-refractivity contribution in [1.29, 1.82) is 0 Å². The summed E-state index contributed by atoms with van der Waals surface area (Å²) in [4.78, 5) is 10.9. The van der Waals surface area contributed by atoms with Crippen molar-refractivity contribution in [3.63, 3.8) is 0 Å². The average Bonchev–Trinajstić information content (AvgIpc) is 2.17. The monoisotopic (exact) mass is 205 g/mol. The minimum absolute atomic E-state index is 0.0862. The van der Waals surface area contributed by atoms with E-state index in [1.54, 1.807) is 24.3 Å². The summed E-state index contributed by atoms with van der Waals surface area (Å²) in [5, 5.41) is 0. The molecule has 0 saturated heterocycles. The van der Waals surface area contributed by atoms with E-state index in [9.17, 15) is 4.79 Å². The largest absolute Gasteiger partial charge is 0.490 e. The quantitative estimate of drug-likeness (QED) is 0.819. The van der Waals surface area contributed by atoms with Crippen LogP contribution in [0.15, 0.2) is 24.8 Å². The van der Waals surface area contributed by atoms with Gasteiger partial charge in [-0.05, 0) is 32.0 Å². The molecule has 1 amide bonds. The molecule has 1 rings (SSSR count). The zero-order valence-electron chi connectivity index (χ0n) is 8.99. The summed E-state index contributed by atoms with van der Waals surface area (Å²) in [6.07, 6.45) is 1.73. The lowest BCUT2D eigenvalue weighted by Gasteiger charge is -2.12. The van der Waals surface area contributed by atoms with E-state index < -0.39 is 5.91 Å². The van der Waals surface area contributed by atoms with Gasteiger partial charge in [-0.25, -0.2) is 0 Å². The van der Waals surface area contributed by atoms with Gasteiger partial charge in [0, 0.05) is 11.1 Å². The molecule has 0 fully saturated rings. The van der Waals surface area contributed by atoms with Crippen LogP contribution < -0.4 is 10.5 Å². The molecule has 1 aromatic carbocycles. The Morgan fingerprint density at radius 2 is 2.20 bits per heavy atom. The molecule has 0 unspecified atom stereocenters. The van der Waals surface area contributed by atoms with E-state index in [1.807, 2.05) is 13.8 Å². The van der Waals surface area contributed by atoms with Gasteiger partial charge in [-0.15, -0.1) is 0 Å². The summed E-state index contributed by atoms with van der Waals surface area (Å²) < 4.78 is 5.55. The number of benzene rings is 1. The van der Waals surface area contributed by atoms with Crippen molar-refractivity contribution in [3.8, 4) is 5.75 Å². The third-order valence-electron chi connectivity index (χ3n) is 1.88. The predicted octanol–water partition coefficient (Wildman–Crippen LogP) is 2.22. The number of ether oxygens (including phenoxy) is 1. The van der Waals surface area contributed by atoms with Crippen LogP contribution in [-0.4, -0.2) is 12.0 Å². The lowest BCUT2D eigenvalue weighted by molar-refractivity contribution is 0.1000. The maximum atomic E-state index is 10.9. The predicted molar refractivity (Wildman–Crippen MR) is 60.8 cm³/mol. The van der Waals surface area contributed by atoms with Gasteiger partial charge < -0.3 is 10.5 Å². The van der Waals surface area contributed by atoms with Crippen molar-refractivity contribution in [1.82, 2.24) is 0 Å². The molecule has 3 nitrogen and oxygen atoms in total. The van der Waals surface area contributed by atoms with Crippen molar-refractivity contribution in [2.24, 2.45) is 5.73 Å². The summed E-state index contributed by atoms with van der Waals surface area (Å²) in [5.41, 5.74) is 6.41. The molecule has 15 heavy (non-hydrogen) atoms. The first kappa shape index (κ1) is 11.3. The number of hydrogen-bond acceptors (Lipinski definition) is 2. The molecule has 1 aromatic rings. The summed E-state index contributed by atoms with van der Waals surface area (Å²) in [5.74, 6) is 0.263. The van der Waals surface area contributed by atoms with Crippen LogP contribution in [0.5, 0.6) is 5.75 Å². The molecular weight excluding hydrogens is 190 g/mol. The van der Waals surface area contributed by atoms with Gasteiger partial charge >= 0.3 is 0 Å². The van der Waals surface area contributed by atoms with Gasteiger partial charge in [-0.1, -0.05) is 12.7 Å². The summed E-state index contributed by atoms with van der Waals surface area (Å²) in [6.45, 7) is 7.55. The maximum Gasteiger partial charge on any atom is 0.248 e. The van der Waals surface area contributed by atoms with Gasteiger partial charge in [-0.3, -0.25) is 4.79 Å². The Kier molecular flexibility index (Phi) is 3.50. The van der Waals surface area contributed by atoms with Crippen LogP contribution >= 0.6 is 0 Å². The molecule has 0 aliphatic rings. The lowest BCUT2D eigenvalue weighted by atomic mass is 10.1. The second-order valence-corrected chi connectivity index (χ2v) is 3.49. The van der Waals surface area contributed by atoms with Gasteiger partial charge in [0.15, 0.2) is 0 Å². The first-order valence-electron chi connectivity index (χ1n) is 4.77. The van der Waals surface area contributed by atoms with Gasteiger partial charge in [0.25, 0.3) is 0 Å². The van der Waals surface area contributed by atoms with Crippen molar-refractivity contribution >= 4 is 12.0 Å². The topological polar surface area (TPSA) is 52.3 Å². The smallest absolute Gasteiger partial charge is 0.248 e. The fourth-order valence-electron chi connectivity index (χ4n) is 1.22. The minimum Gasteiger partial charge on any atom is -0.490 e. The highest BCUT2D eigenvalue weighted by Gasteiger charge is 2.06. The second-order valence-electron chi connectivity index (χ2n) is 3.49. The van der Waals surface area contributed by atoms with Crippen molar-refractivity contribution < 1.29 is 9.53 Å². The highest BCUT2D eigenvalue weighted by molar-refractivity contribution is 5.93. The standard InChI is InChI=1S/C12H15NO2/c1-4-9-7-10(12(13)14)5-6-11(9)15-8(2)3/h4-8H,1H2,2-3H3,(H2,13,14). The molecule has 0 saturated carbocycles. The Morgan fingerprint density at radius 1 is 1.53 bits per heavy atom. The van der Waals surface area contributed by atoms with Crippen LogP contribution in [-0.2, 0) is 0 Å². The Bertz CT molecular complexity index is 383. The number of primary amides is 1. The van der Waals surface area contributed by atoms with E-state index in [2.05, 4.69) is 6.58 Å². The van der Waals surface area contributed by atoms with Crippen LogP contribution in [0.4, 0.5) is 0 Å². The molecule has 3 heteroatoms. The number of hydrogen-bond donors (Lipinski definition) is 1. The zero-order chi connectivity index (χ0) is 11.4. The summed E-state index contributed by atoms with van der Waals surface area (Å²) >= 11 is 0. The van der Waals surface area contributed by atoms with Crippen molar-refractivity contribution in [2.75, 3.05) is 0 Å². The number of nitrogens with two attached hydrogens (primary N) is 1. The molecule has 0 aliphatic carbocycles. The van der Waals surface area contributed by atoms with E-state index in [0.717, 1.165) is 5.56 Å². The number of rotatable bonds is 4. The second kappa shape index (κ2) is 4.64. The molecule has 0 atom stereocenters. The van der Waals surface area contributed by atoms with Gasteiger partial charge in [0.05, 0.1) is 6.10 Å². The van der Waals surface area contributed by atoms with Crippen LogP contribution in [0.25, 0.3) is 6.08 Å². The molecule has 80 valence electrons. The van der Waals surface area contributed by atoms with E-state index in [0.29, 0.717) is 11.3 Å². The molecule has 0 radical (unpaired) electrons. The molecule has 0 bridgehead atoms. The van der Waals surface area contributed by atoms with Crippen LogP contribution in [0.1, 0.15) is 29.8 Å². The summed E-state index contributed by atoms with van der Waals surface area (Å²) in [7, 11) is 0. The number of carbonyl (C=O) groups excluding carboxylic acids is 1. The third kappa shape index (κ3) is 2.84. The maximum absolute atomic E-state index is 10.9. The van der Waals surface area contributed by atoms with Gasteiger partial charge in [-0.2, -0.15) is 0 Å². The van der Waals surface area contributed by atoms with Crippen LogP contribution in [0.3, 0.4) is 0 Å². The van der Waals surface area contributed by atoms with E-state index in [-0.39, 0.29) is 6.10 Å². The van der Waals surface area contributed by atoms with Gasteiger partial charge in [0.2, 0.25) is 5.91 Å². The first-order chi connectivity index (χ1) is 7.04. The highest BCUT2D eigenvalue weighted by Crippen LogP contribution is 2.22. The molecule has 0 spiro atoms. The number of carbonyl (C=O) groups is 1. The zero-order valence-corrected chi connectivity index (χ0v) is 8.99. The van der Waals surface area contributed by atoms with Crippen LogP contribution in [0, 0.1) is 0 Å². The lowest BCUT2D eigenvalue weighted by Crippen LogP contribution is -2.12. The van der Waals surface area contributed by atoms with E-state index >= 15 is 0 Å². The Balaban J connectivity index is 3.09. The Hall–Kier alpha value is -1.77. The molecule has 0 aromatic heterocycles. The third-order valence-corrected chi connectivity index (χ3v) is 1.88. The minimum atomic E-state index is -0.450. The summed E-state index contributed by atoms with van der Waals surface area (Å²) in [6, 6.07) is 5.05. The first-order valence-corrected chi connectivity index (χ1v) is 4.77. The number of amides is 1. The van der Waals surface area contributed by atoms with Crippen molar-refractivity contribution in [2.45, 2.75) is 20.0 Å². The molecule has 0 heterocycles. The fourth-order valence-corrected chi connectivity index (χ4v) is 1.22. The highest BCUT2D eigenvalue weighted by atomic mass is 16.5. The Morgan fingerprint density at radius 3 is 2.67 bits per heavy atom. The van der Waals surface area contributed by atoms with Crippen LogP contribution in [0.2, 0.25) is 0 Å². The van der Waals surface area contributed by atoms with Gasteiger partial charge in [0.1, 0.15) is 5.75 Å². The average molecular weight is 205 g/mol. The van der Waals surface area contributed by atoms with E-state index in [4.69, 9.17) is 10.5 Å². The van der Waals surface area contributed by atoms with E-state index in [1.165, 1.54) is 0 Å². The fraction of sp³-hybridized carbons (Fsp3) is 0.250. The Labute approximate surface area is 89.5 Å². The molecule has 0 aliphatic heterocycles. The molecule has 2 N–H and O–H groups in total. The SMILES string of the molecule is C=Cc1cc(C(N)=O)ccc1OC(C)C.